The van der Waals surface area contributed by atoms with Crippen molar-refractivity contribution < 1.29 is 19.4 Å². The number of carbonyl (C=O) groups is 1. The van der Waals surface area contributed by atoms with Crippen molar-refractivity contribution in [2.24, 2.45) is 0 Å². The van der Waals surface area contributed by atoms with Crippen molar-refractivity contribution in [1.82, 2.24) is 9.80 Å². The highest BCUT2D eigenvalue weighted by molar-refractivity contribution is 5.97. The van der Waals surface area contributed by atoms with Crippen LogP contribution >= 0.6 is 0 Å². The minimum Gasteiger partial charge on any atom is -0.490 e. The first-order valence-corrected chi connectivity index (χ1v) is 9.16. The summed E-state index contributed by atoms with van der Waals surface area (Å²) in [5.41, 5.74) is 0.615. The van der Waals surface area contributed by atoms with Crippen LogP contribution in [0.2, 0.25) is 0 Å². The molecule has 25 heavy (non-hydrogen) atoms. The number of aliphatic hydroxyl groups is 1. The van der Waals surface area contributed by atoms with E-state index in [-0.39, 0.29) is 18.1 Å². The monoisotopic (exact) mass is 348 g/mol. The molecule has 2 aliphatic rings. The van der Waals surface area contributed by atoms with Gasteiger partial charge in [0.25, 0.3) is 5.91 Å². The standard InChI is InChI=1S/C19H28N2O4/c1-15(22)13-20-8-10-21(11-9-20)19(23)17-6-2-3-7-18(17)25-14-16-5-4-12-24-16/h2-3,6-7,15-16,22H,4-5,8-14H2,1H3/t15-,16+/m1/s1. The van der Waals surface area contributed by atoms with Gasteiger partial charge in [-0.1, -0.05) is 12.1 Å². The number of para-hydroxylation sites is 1. The number of aliphatic hydroxyl groups excluding tert-OH is 1. The minimum atomic E-state index is -0.339. The maximum atomic E-state index is 12.9. The third kappa shape index (κ3) is 4.93. The second kappa shape index (κ2) is 8.65. The van der Waals surface area contributed by atoms with Gasteiger partial charge in [0.05, 0.1) is 17.8 Å². The van der Waals surface area contributed by atoms with Crippen LogP contribution in [0.5, 0.6) is 5.75 Å². The summed E-state index contributed by atoms with van der Waals surface area (Å²) >= 11 is 0. The molecule has 0 aliphatic carbocycles. The fourth-order valence-electron chi connectivity index (χ4n) is 3.41. The zero-order chi connectivity index (χ0) is 17.6. The molecule has 1 N–H and O–H groups in total. The van der Waals surface area contributed by atoms with Crippen molar-refractivity contribution in [2.75, 3.05) is 45.9 Å². The van der Waals surface area contributed by atoms with E-state index in [1.807, 2.05) is 29.2 Å². The fourth-order valence-corrected chi connectivity index (χ4v) is 3.41. The highest BCUT2D eigenvalue weighted by Crippen LogP contribution is 2.22. The van der Waals surface area contributed by atoms with Gasteiger partial charge in [-0.05, 0) is 31.9 Å². The van der Waals surface area contributed by atoms with Crippen LogP contribution in [0.4, 0.5) is 0 Å². The average molecular weight is 348 g/mol. The van der Waals surface area contributed by atoms with Gasteiger partial charge in [0, 0.05) is 39.3 Å². The Morgan fingerprint density at radius 2 is 2.08 bits per heavy atom. The van der Waals surface area contributed by atoms with Crippen molar-refractivity contribution in [3.63, 3.8) is 0 Å². The summed E-state index contributed by atoms with van der Waals surface area (Å²) in [5, 5.41) is 9.49. The van der Waals surface area contributed by atoms with Crippen molar-refractivity contribution in [3.8, 4) is 5.75 Å². The molecule has 1 aromatic carbocycles. The average Bonchev–Trinajstić information content (AvgIpc) is 3.13. The molecule has 1 amide bonds. The molecule has 6 nitrogen and oxygen atoms in total. The zero-order valence-electron chi connectivity index (χ0n) is 14.9. The molecule has 0 radical (unpaired) electrons. The molecular formula is C19H28N2O4. The lowest BCUT2D eigenvalue weighted by molar-refractivity contribution is 0.0535. The van der Waals surface area contributed by atoms with E-state index in [2.05, 4.69) is 4.90 Å². The van der Waals surface area contributed by atoms with E-state index in [0.29, 0.717) is 37.6 Å². The minimum absolute atomic E-state index is 0.0136. The van der Waals surface area contributed by atoms with Crippen LogP contribution in [0.25, 0.3) is 0 Å². The van der Waals surface area contributed by atoms with E-state index in [0.717, 1.165) is 32.5 Å². The molecule has 3 rings (SSSR count). The summed E-state index contributed by atoms with van der Waals surface area (Å²) in [7, 11) is 0. The summed E-state index contributed by atoms with van der Waals surface area (Å²) in [4.78, 5) is 16.9. The second-order valence-corrected chi connectivity index (χ2v) is 6.88. The Bertz CT molecular complexity index is 564. The van der Waals surface area contributed by atoms with Gasteiger partial charge in [-0.15, -0.1) is 0 Å². The Morgan fingerprint density at radius 3 is 2.76 bits per heavy atom. The first-order valence-electron chi connectivity index (χ1n) is 9.16. The smallest absolute Gasteiger partial charge is 0.257 e. The Labute approximate surface area is 149 Å². The Balaban J connectivity index is 1.58. The summed E-state index contributed by atoms with van der Waals surface area (Å²) in [6.45, 7) is 6.66. The van der Waals surface area contributed by atoms with Crippen LogP contribution in [0, 0.1) is 0 Å². The van der Waals surface area contributed by atoms with Crippen LogP contribution in [0.15, 0.2) is 24.3 Å². The highest BCUT2D eigenvalue weighted by Gasteiger charge is 2.25. The summed E-state index contributed by atoms with van der Waals surface area (Å²) in [6.07, 6.45) is 1.88. The molecule has 1 aromatic rings. The number of carbonyl (C=O) groups excluding carboxylic acids is 1. The van der Waals surface area contributed by atoms with E-state index in [4.69, 9.17) is 9.47 Å². The Kier molecular flexibility index (Phi) is 6.29. The van der Waals surface area contributed by atoms with Gasteiger partial charge in [-0.2, -0.15) is 0 Å². The third-order valence-electron chi connectivity index (χ3n) is 4.75. The molecule has 0 aromatic heterocycles. The molecule has 2 atom stereocenters. The summed E-state index contributed by atoms with van der Waals surface area (Å²) < 4.78 is 11.5. The van der Waals surface area contributed by atoms with Gasteiger partial charge in [0.15, 0.2) is 0 Å². The molecule has 0 spiro atoms. The molecule has 6 heteroatoms. The number of ether oxygens (including phenoxy) is 2. The van der Waals surface area contributed by atoms with Crippen molar-refractivity contribution in [3.05, 3.63) is 29.8 Å². The van der Waals surface area contributed by atoms with E-state index in [1.165, 1.54) is 0 Å². The Hall–Kier alpha value is -1.63. The van der Waals surface area contributed by atoms with Crippen molar-refractivity contribution in [2.45, 2.75) is 32.0 Å². The zero-order valence-corrected chi connectivity index (χ0v) is 14.9. The molecule has 0 bridgehead atoms. The predicted octanol–water partition coefficient (Wildman–Crippen LogP) is 1.38. The van der Waals surface area contributed by atoms with E-state index >= 15 is 0 Å². The van der Waals surface area contributed by atoms with Crippen molar-refractivity contribution in [1.29, 1.82) is 0 Å². The van der Waals surface area contributed by atoms with Gasteiger partial charge in [0.1, 0.15) is 12.4 Å². The quantitative estimate of drug-likeness (QED) is 0.842. The number of nitrogens with zero attached hydrogens (tertiary/aromatic N) is 2. The number of benzene rings is 1. The maximum Gasteiger partial charge on any atom is 0.257 e. The van der Waals surface area contributed by atoms with Crippen molar-refractivity contribution >= 4 is 5.91 Å². The predicted molar refractivity (Wildman–Crippen MR) is 94.9 cm³/mol. The fraction of sp³-hybridized carbons (Fsp3) is 0.632. The molecular weight excluding hydrogens is 320 g/mol. The maximum absolute atomic E-state index is 12.9. The highest BCUT2D eigenvalue weighted by atomic mass is 16.5. The van der Waals surface area contributed by atoms with Crippen LogP contribution in [0.1, 0.15) is 30.1 Å². The third-order valence-corrected chi connectivity index (χ3v) is 4.75. The number of rotatable bonds is 6. The molecule has 2 aliphatic heterocycles. The normalized spacial score (nSPS) is 22.8. The van der Waals surface area contributed by atoms with Gasteiger partial charge >= 0.3 is 0 Å². The first kappa shape index (κ1) is 18.2. The van der Waals surface area contributed by atoms with Crippen LogP contribution in [0.3, 0.4) is 0 Å². The van der Waals surface area contributed by atoms with Crippen LogP contribution in [-0.4, -0.2) is 79.0 Å². The number of β-amino-alcohol motifs (C(OH)–C–C–N with tert-alkyl or cyclic N) is 1. The lowest BCUT2D eigenvalue weighted by atomic mass is 10.1. The first-order chi connectivity index (χ1) is 12.1. The van der Waals surface area contributed by atoms with E-state index < -0.39 is 0 Å². The van der Waals surface area contributed by atoms with Gasteiger partial charge in [0.2, 0.25) is 0 Å². The number of amides is 1. The summed E-state index contributed by atoms with van der Waals surface area (Å²) in [6, 6.07) is 7.44. The van der Waals surface area contributed by atoms with Gasteiger partial charge in [-0.25, -0.2) is 0 Å². The van der Waals surface area contributed by atoms with E-state index in [9.17, 15) is 9.90 Å². The second-order valence-electron chi connectivity index (χ2n) is 6.88. The summed E-state index contributed by atoms with van der Waals surface area (Å²) in [5.74, 6) is 0.647. The molecule has 2 saturated heterocycles. The van der Waals surface area contributed by atoms with Gasteiger partial charge < -0.3 is 19.5 Å². The topological polar surface area (TPSA) is 62.2 Å². The molecule has 0 unspecified atom stereocenters. The molecule has 138 valence electrons. The number of piperazine rings is 1. The largest absolute Gasteiger partial charge is 0.490 e. The Morgan fingerprint density at radius 1 is 1.32 bits per heavy atom. The van der Waals surface area contributed by atoms with Gasteiger partial charge in [-0.3, -0.25) is 9.69 Å². The molecule has 2 heterocycles. The van der Waals surface area contributed by atoms with Crippen LogP contribution < -0.4 is 4.74 Å². The lowest BCUT2D eigenvalue weighted by Crippen LogP contribution is -2.50. The van der Waals surface area contributed by atoms with Crippen LogP contribution in [-0.2, 0) is 4.74 Å². The number of hydrogen-bond acceptors (Lipinski definition) is 5. The molecule has 0 saturated carbocycles. The molecule has 2 fully saturated rings. The number of hydrogen-bond donors (Lipinski definition) is 1. The SMILES string of the molecule is C[C@@H](O)CN1CCN(C(=O)c2ccccc2OC[C@@H]2CCCO2)CC1. The lowest BCUT2D eigenvalue weighted by Gasteiger charge is -2.35. The van der Waals surface area contributed by atoms with E-state index in [1.54, 1.807) is 6.92 Å².